The van der Waals surface area contributed by atoms with Gasteiger partial charge in [0.15, 0.2) is 5.79 Å². The van der Waals surface area contributed by atoms with Gasteiger partial charge in [-0.05, 0) is 78.7 Å². The number of methoxy groups -OCH3 is 1. The van der Waals surface area contributed by atoms with Crippen molar-refractivity contribution in [1.29, 1.82) is 0 Å². The van der Waals surface area contributed by atoms with Gasteiger partial charge in [0.05, 0.1) is 18.2 Å². The van der Waals surface area contributed by atoms with Crippen LogP contribution < -0.4 is 4.74 Å². The molecule has 0 unspecified atom stereocenters. The second-order valence-corrected chi connectivity index (χ2v) is 9.90. The van der Waals surface area contributed by atoms with Crippen LogP contribution in [0.2, 0.25) is 0 Å². The Hall–Kier alpha value is -3.94. The molecule has 0 saturated carbocycles. The third-order valence-electron chi connectivity index (χ3n) is 6.56. The number of hydrogen-bond acceptors (Lipinski definition) is 7. The van der Waals surface area contributed by atoms with Crippen molar-refractivity contribution >= 4 is 33.5 Å². The van der Waals surface area contributed by atoms with Crippen LogP contribution in [0.3, 0.4) is 0 Å². The molecule has 196 valence electrons. The monoisotopic (exact) mass is 514 g/mol. The molecule has 2 atom stereocenters. The van der Waals surface area contributed by atoms with E-state index in [0.717, 1.165) is 32.9 Å². The van der Waals surface area contributed by atoms with Gasteiger partial charge in [0, 0.05) is 0 Å². The zero-order valence-electron chi connectivity index (χ0n) is 21.9. The molecule has 38 heavy (non-hydrogen) atoms. The van der Waals surface area contributed by atoms with Crippen LogP contribution in [-0.4, -0.2) is 50.3 Å². The Morgan fingerprint density at radius 2 is 1.18 bits per heavy atom. The molecule has 1 fully saturated rings. The van der Waals surface area contributed by atoms with Crippen molar-refractivity contribution in [3.05, 3.63) is 89.5 Å². The summed E-state index contributed by atoms with van der Waals surface area (Å²) in [6.07, 6.45) is -1.18. The first-order valence-corrected chi connectivity index (χ1v) is 12.5. The summed E-state index contributed by atoms with van der Waals surface area (Å²) in [5.41, 5.74) is 2.04. The Morgan fingerprint density at radius 3 is 1.74 bits per heavy atom. The van der Waals surface area contributed by atoms with Gasteiger partial charge in [-0.2, -0.15) is 0 Å². The third kappa shape index (κ3) is 5.64. The van der Waals surface area contributed by atoms with Crippen molar-refractivity contribution in [2.75, 3.05) is 20.3 Å². The Bertz CT molecular complexity index is 1510. The number of aryl methyl sites for hydroxylation is 1. The zero-order chi connectivity index (χ0) is 26.9. The zero-order valence-corrected chi connectivity index (χ0v) is 21.9. The molecule has 0 spiro atoms. The molecule has 1 heterocycles. The highest BCUT2D eigenvalue weighted by Gasteiger charge is 2.42. The number of rotatable bonds is 7. The molecule has 1 aliphatic heterocycles. The second kappa shape index (κ2) is 10.4. The number of hydrogen-bond donors (Lipinski definition) is 0. The van der Waals surface area contributed by atoms with Crippen LogP contribution in [0.4, 0.5) is 0 Å². The Morgan fingerprint density at radius 1 is 0.711 bits per heavy atom. The minimum atomic E-state index is -0.906. The normalized spacial score (nSPS) is 18.4. The van der Waals surface area contributed by atoms with Crippen molar-refractivity contribution in [3.8, 4) is 5.75 Å². The molecule has 0 aliphatic carbocycles. The predicted molar refractivity (Wildman–Crippen MR) is 144 cm³/mol. The lowest BCUT2D eigenvalue weighted by Crippen LogP contribution is -2.33. The van der Waals surface area contributed by atoms with Crippen molar-refractivity contribution in [2.45, 2.75) is 38.8 Å². The van der Waals surface area contributed by atoms with Crippen molar-refractivity contribution < 1.29 is 33.3 Å². The summed E-state index contributed by atoms with van der Waals surface area (Å²) in [4.78, 5) is 25.6. The number of benzene rings is 4. The molecule has 5 rings (SSSR count). The number of ether oxygens (including phenoxy) is 5. The number of carbonyl (C=O) groups is 2. The van der Waals surface area contributed by atoms with Gasteiger partial charge in [0.2, 0.25) is 0 Å². The molecule has 0 aromatic heterocycles. The van der Waals surface area contributed by atoms with E-state index < -0.39 is 29.9 Å². The number of fused-ring (bicyclic) bond motifs is 2. The highest BCUT2D eigenvalue weighted by molar-refractivity contribution is 5.96. The molecule has 0 N–H and O–H groups in total. The van der Waals surface area contributed by atoms with Crippen molar-refractivity contribution in [2.24, 2.45) is 0 Å². The first kappa shape index (κ1) is 25.7. The molecular weight excluding hydrogens is 484 g/mol. The van der Waals surface area contributed by atoms with E-state index in [4.69, 9.17) is 23.7 Å². The average molecular weight is 515 g/mol. The molecule has 7 heteroatoms. The van der Waals surface area contributed by atoms with Crippen molar-refractivity contribution in [3.63, 3.8) is 0 Å². The first-order valence-electron chi connectivity index (χ1n) is 12.5. The number of carbonyl (C=O) groups excluding carboxylic acids is 2. The lowest BCUT2D eigenvalue weighted by atomic mass is 10.0. The first-order chi connectivity index (χ1) is 18.2. The van der Waals surface area contributed by atoms with Gasteiger partial charge in [-0.15, -0.1) is 0 Å². The average Bonchev–Trinajstić information content (AvgIpc) is 3.22. The molecule has 1 saturated heterocycles. The fraction of sp³-hybridized carbons (Fsp3) is 0.290. The molecule has 7 nitrogen and oxygen atoms in total. The van der Waals surface area contributed by atoms with Gasteiger partial charge in [0.1, 0.15) is 31.2 Å². The minimum absolute atomic E-state index is 0.0335. The van der Waals surface area contributed by atoms with Crippen LogP contribution in [0, 0.1) is 6.92 Å². The molecule has 4 aromatic carbocycles. The Balaban J connectivity index is 1.21. The maximum atomic E-state index is 12.8. The summed E-state index contributed by atoms with van der Waals surface area (Å²) in [5, 5.41) is 3.88. The van der Waals surface area contributed by atoms with E-state index in [0.29, 0.717) is 11.1 Å². The second-order valence-electron chi connectivity index (χ2n) is 9.90. The van der Waals surface area contributed by atoms with E-state index in [1.807, 2.05) is 55.5 Å². The van der Waals surface area contributed by atoms with E-state index in [1.54, 1.807) is 39.2 Å². The smallest absolute Gasteiger partial charge is 0.338 e. The summed E-state index contributed by atoms with van der Waals surface area (Å²) in [6, 6.07) is 22.5. The maximum absolute atomic E-state index is 12.8. The molecule has 0 radical (unpaired) electrons. The van der Waals surface area contributed by atoms with Gasteiger partial charge >= 0.3 is 11.9 Å². The van der Waals surface area contributed by atoms with Gasteiger partial charge in [0.25, 0.3) is 0 Å². The molecule has 4 aromatic rings. The topological polar surface area (TPSA) is 80.3 Å². The summed E-state index contributed by atoms with van der Waals surface area (Å²) in [5.74, 6) is -1.09. The van der Waals surface area contributed by atoms with E-state index >= 15 is 0 Å². The predicted octanol–water partition coefficient (Wildman–Crippen LogP) is 5.84. The van der Waals surface area contributed by atoms with Crippen LogP contribution >= 0.6 is 0 Å². The van der Waals surface area contributed by atoms with Gasteiger partial charge < -0.3 is 23.7 Å². The van der Waals surface area contributed by atoms with E-state index in [1.165, 1.54) is 0 Å². The van der Waals surface area contributed by atoms with Crippen LogP contribution in [-0.2, 0) is 18.9 Å². The third-order valence-corrected chi connectivity index (χ3v) is 6.56. The highest BCUT2D eigenvalue weighted by Crippen LogP contribution is 2.29. The lowest BCUT2D eigenvalue weighted by molar-refractivity contribution is -0.151. The fourth-order valence-electron chi connectivity index (χ4n) is 4.64. The lowest BCUT2D eigenvalue weighted by Gasteiger charge is -2.17. The van der Waals surface area contributed by atoms with Crippen LogP contribution in [0.1, 0.15) is 40.1 Å². The minimum Gasteiger partial charge on any atom is -0.497 e. The summed E-state index contributed by atoms with van der Waals surface area (Å²) in [7, 11) is 1.61. The van der Waals surface area contributed by atoms with Gasteiger partial charge in [-0.3, -0.25) is 0 Å². The van der Waals surface area contributed by atoms with Gasteiger partial charge in [-0.25, -0.2) is 9.59 Å². The maximum Gasteiger partial charge on any atom is 0.338 e. The van der Waals surface area contributed by atoms with E-state index in [9.17, 15) is 9.59 Å². The van der Waals surface area contributed by atoms with Crippen LogP contribution in [0.15, 0.2) is 72.8 Å². The summed E-state index contributed by atoms with van der Waals surface area (Å²) in [6.45, 7) is 5.49. The van der Waals surface area contributed by atoms with Crippen molar-refractivity contribution in [1.82, 2.24) is 0 Å². The molecule has 0 amide bonds. The summed E-state index contributed by atoms with van der Waals surface area (Å²) >= 11 is 0. The highest BCUT2D eigenvalue weighted by atomic mass is 16.8. The van der Waals surface area contributed by atoms with Crippen LogP contribution in [0.5, 0.6) is 5.75 Å². The van der Waals surface area contributed by atoms with E-state index in [-0.39, 0.29) is 13.2 Å². The SMILES string of the molecule is COc1ccc2cc(C(=O)OC[C@H]3OC(C)(C)O[C@@H]3COC(=O)c3ccc4cc(C)ccc4c3)ccc2c1. The largest absolute Gasteiger partial charge is 0.497 e. The standard InChI is InChI=1S/C31H30O7/c1-19-5-6-21-14-24(9-7-20(21)13-19)29(32)35-17-27-28(38-31(2,3)37-27)18-36-30(33)25-10-8-23-16-26(34-4)12-11-22(23)15-25/h5-16,27-28H,17-18H2,1-4H3/t27-,28-/m1/s1. The van der Waals surface area contributed by atoms with Gasteiger partial charge in [-0.1, -0.05) is 42.0 Å². The Kier molecular flexibility index (Phi) is 7.06. The van der Waals surface area contributed by atoms with E-state index in [2.05, 4.69) is 6.07 Å². The Labute approximate surface area is 221 Å². The number of esters is 2. The molecule has 0 bridgehead atoms. The quantitative estimate of drug-likeness (QED) is 0.287. The van der Waals surface area contributed by atoms with Crippen LogP contribution in [0.25, 0.3) is 21.5 Å². The summed E-state index contributed by atoms with van der Waals surface area (Å²) < 4.78 is 28.3. The fourth-order valence-corrected chi connectivity index (χ4v) is 4.64. The molecular formula is C31H30O7. The molecule has 1 aliphatic rings.